The van der Waals surface area contributed by atoms with Gasteiger partial charge in [0.15, 0.2) is 18.2 Å². The molecule has 0 saturated carbocycles. The van der Waals surface area contributed by atoms with Crippen LogP contribution in [0.4, 0.5) is 15.8 Å². The molecule has 0 spiro atoms. The van der Waals surface area contributed by atoms with Crippen LogP contribution in [0.3, 0.4) is 0 Å². The smallest absolute Gasteiger partial charge is 0.265 e. The van der Waals surface area contributed by atoms with Crippen LogP contribution < -0.4 is 19.7 Å². The molecule has 152 valence electrons. The standard InChI is InChI=1S/C22H16BrFN2O4/c23-14-9-10-17-19(11-14)29-13-21(28)26(17)12-20(27)25-22-16(24)7-4-8-18(22)30-15-5-2-1-3-6-15/h1-11H,12-13H2,(H,25,27). The van der Waals surface area contributed by atoms with Crippen molar-refractivity contribution in [1.82, 2.24) is 0 Å². The van der Waals surface area contributed by atoms with Crippen molar-refractivity contribution >= 4 is 39.1 Å². The van der Waals surface area contributed by atoms with Crippen molar-refractivity contribution in [2.45, 2.75) is 0 Å². The van der Waals surface area contributed by atoms with Crippen LogP contribution in [0.5, 0.6) is 17.2 Å². The van der Waals surface area contributed by atoms with Crippen molar-refractivity contribution in [2.24, 2.45) is 0 Å². The Morgan fingerprint density at radius 3 is 2.73 bits per heavy atom. The van der Waals surface area contributed by atoms with Gasteiger partial charge >= 0.3 is 0 Å². The molecule has 0 saturated heterocycles. The highest BCUT2D eigenvalue weighted by Crippen LogP contribution is 2.35. The second kappa shape index (κ2) is 8.54. The van der Waals surface area contributed by atoms with Gasteiger partial charge in [-0.2, -0.15) is 0 Å². The summed E-state index contributed by atoms with van der Waals surface area (Å²) in [5.74, 6) is -0.435. The van der Waals surface area contributed by atoms with E-state index >= 15 is 0 Å². The van der Waals surface area contributed by atoms with Gasteiger partial charge in [-0.15, -0.1) is 0 Å². The molecule has 0 aliphatic carbocycles. The zero-order chi connectivity index (χ0) is 21.1. The summed E-state index contributed by atoms with van der Waals surface area (Å²) in [5.41, 5.74) is 0.377. The minimum Gasteiger partial charge on any atom is -0.482 e. The summed E-state index contributed by atoms with van der Waals surface area (Å²) in [6.45, 7) is -0.477. The first-order valence-corrected chi connectivity index (χ1v) is 9.84. The van der Waals surface area contributed by atoms with E-state index in [0.717, 1.165) is 4.47 Å². The average Bonchev–Trinajstić information content (AvgIpc) is 2.73. The Labute approximate surface area is 180 Å². The van der Waals surface area contributed by atoms with Gasteiger partial charge < -0.3 is 14.8 Å². The van der Waals surface area contributed by atoms with Crippen LogP contribution in [-0.2, 0) is 9.59 Å². The Morgan fingerprint density at radius 1 is 1.13 bits per heavy atom. The highest BCUT2D eigenvalue weighted by atomic mass is 79.9. The van der Waals surface area contributed by atoms with Crippen molar-refractivity contribution in [1.29, 1.82) is 0 Å². The monoisotopic (exact) mass is 470 g/mol. The molecule has 30 heavy (non-hydrogen) atoms. The quantitative estimate of drug-likeness (QED) is 0.584. The molecule has 0 aromatic heterocycles. The number of anilines is 2. The predicted octanol–water partition coefficient (Wildman–Crippen LogP) is 4.74. The first-order valence-electron chi connectivity index (χ1n) is 9.05. The van der Waals surface area contributed by atoms with E-state index in [9.17, 15) is 14.0 Å². The fourth-order valence-electron chi connectivity index (χ4n) is 3.00. The van der Waals surface area contributed by atoms with Crippen molar-refractivity contribution in [2.75, 3.05) is 23.4 Å². The molecule has 1 heterocycles. The van der Waals surface area contributed by atoms with Gasteiger partial charge in [-0.3, -0.25) is 14.5 Å². The molecule has 2 amide bonds. The Morgan fingerprint density at radius 2 is 1.93 bits per heavy atom. The third-order valence-corrected chi connectivity index (χ3v) is 4.87. The maximum Gasteiger partial charge on any atom is 0.265 e. The highest BCUT2D eigenvalue weighted by Gasteiger charge is 2.28. The van der Waals surface area contributed by atoms with E-state index in [0.29, 0.717) is 17.2 Å². The number of amides is 2. The van der Waals surface area contributed by atoms with E-state index in [1.165, 1.54) is 17.0 Å². The summed E-state index contributed by atoms with van der Waals surface area (Å²) < 4.78 is 26.4. The topological polar surface area (TPSA) is 67.9 Å². The zero-order valence-electron chi connectivity index (χ0n) is 15.6. The molecule has 0 fully saturated rings. The van der Waals surface area contributed by atoms with Crippen molar-refractivity contribution in [3.8, 4) is 17.2 Å². The lowest BCUT2D eigenvalue weighted by molar-refractivity contribution is -0.123. The molecule has 4 rings (SSSR count). The molecule has 1 aliphatic heterocycles. The number of hydrogen-bond donors (Lipinski definition) is 1. The van der Waals surface area contributed by atoms with Crippen LogP contribution in [0.25, 0.3) is 0 Å². The lowest BCUT2D eigenvalue weighted by Gasteiger charge is -2.29. The van der Waals surface area contributed by atoms with Crippen LogP contribution in [0, 0.1) is 5.82 Å². The summed E-state index contributed by atoms with van der Waals surface area (Å²) in [4.78, 5) is 26.3. The number of carbonyl (C=O) groups excluding carboxylic acids is 2. The van der Waals surface area contributed by atoms with Crippen molar-refractivity contribution in [3.05, 3.63) is 77.0 Å². The molecular weight excluding hydrogens is 455 g/mol. The van der Waals surface area contributed by atoms with E-state index in [4.69, 9.17) is 9.47 Å². The van der Waals surface area contributed by atoms with E-state index < -0.39 is 11.7 Å². The Balaban J connectivity index is 1.55. The highest BCUT2D eigenvalue weighted by molar-refractivity contribution is 9.10. The number of fused-ring (bicyclic) bond motifs is 1. The van der Waals surface area contributed by atoms with E-state index in [1.807, 2.05) is 6.07 Å². The molecule has 3 aromatic rings. The van der Waals surface area contributed by atoms with Crippen LogP contribution >= 0.6 is 15.9 Å². The molecule has 1 aliphatic rings. The number of halogens is 2. The number of carbonyl (C=O) groups is 2. The van der Waals surface area contributed by atoms with Crippen molar-refractivity contribution < 1.29 is 23.5 Å². The largest absolute Gasteiger partial charge is 0.482 e. The fraction of sp³-hybridized carbons (Fsp3) is 0.0909. The summed E-state index contributed by atoms with van der Waals surface area (Å²) >= 11 is 3.35. The second-order valence-corrected chi connectivity index (χ2v) is 7.37. The minimum absolute atomic E-state index is 0.0944. The Hall–Kier alpha value is -3.39. The molecule has 0 radical (unpaired) electrons. The third kappa shape index (κ3) is 4.28. The normalized spacial score (nSPS) is 12.7. The van der Waals surface area contributed by atoms with Crippen LogP contribution in [0.2, 0.25) is 0 Å². The number of nitrogens with one attached hydrogen (secondary N) is 1. The van der Waals surface area contributed by atoms with Crippen LogP contribution in [0.15, 0.2) is 71.2 Å². The maximum atomic E-state index is 14.5. The molecule has 0 bridgehead atoms. The zero-order valence-corrected chi connectivity index (χ0v) is 17.2. The lowest BCUT2D eigenvalue weighted by Crippen LogP contribution is -2.43. The number of benzene rings is 3. The molecule has 0 unspecified atom stereocenters. The summed E-state index contributed by atoms with van der Waals surface area (Å²) in [5, 5.41) is 2.53. The third-order valence-electron chi connectivity index (χ3n) is 4.38. The number of ether oxygens (including phenoxy) is 2. The molecular formula is C22H16BrFN2O4. The van der Waals surface area contributed by atoms with Gasteiger partial charge in [0.1, 0.15) is 23.7 Å². The van der Waals surface area contributed by atoms with Gasteiger partial charge in [0.05, 0.1) is 5.69 Å². The van der Waals surface area contributed by atoms with Crippen LogP contribution in [-0.4, -0.2) is 25.0 Å². The number of rotatable bonds is 5. The predicted molar refractivity (Wildman–Crippen MR) is 114 cm³/mol. The molecule has 3 aromatic carbocycles. The summed E-state index contributed by atoms with van der Waals surface area (Å²) in [7, 11) is 0. The van der Waals surface area contributed by atoms with E-state index in [1.54, 1.807) is 48.5 Å². The average molecular weight is 471 g/mol. The van der Waals surface area contributed by atoms with E-state index in [-0.39, 0.29) is 30.5 Å². The maximum absolute atomic E-state index is 14.5. The van der Waals surface area contributed by atoms with Crippen LogP contribution in [0.1, 0.15) is 0 Å². The Bertz CT molecular complexity index is 1110. The van der Waals surface area contributed by atoms with Gasteiger partial charge in [-0.05, 0) is 42.5 Å². The Kier molecular flexibility index (Phi) is 5.67. The number of nitrogens with zero attached hydrogens (tertiary/aromatic N) is 1. The number of hydrogen-bond acceptors (Lipinski definition) is 4. The van der Waals surface area contributed by atoms with Gasteiger partial charge in [0.25, 0.3) is 5.91 Å². The second-order valence-electron chi connectivity index (χ2n) is 6.46. The molecule has 1 N–H and O–H groups in total. The SMILES string of the molecule is O=C(CN1C(=O)COc2cc(Br)ccc21)Nc1c(F)cccc1Oc1ccccc1. The summed E-state index contributed by atoms with van der Waals surface area (Å²) in [6, 6.07) is 18.2. The van der Waals surface area contributed by atoms with Gasteiger partial charge in [0, 0.05) is 4.47 Å². The minimum atomic E-state index is -0.644. The fourth-order valence-corrected chi connectivity index (χ4v) is 3.34. The molecule has 8 heteroatoms. The number of para-hydroxylation sites is 2. The van der Waals surface area contributed by atoms with Gasteiger partial charge in [-0.1, -0.05) is 40.2 Å². The molecule has 0 atom stereocenters. The first-order chi connectivity index (χ1) is 14.5. The molecule has 6 nitrogen and oxygen atoms in total. The van der Waals surface area contributed by atoms with Crippen molar-refractivity contribution in [3.63, 3.8) is 0 Å². The first kappa shape index (κ1) is 19.9. The lowest BCUT2D eigenvalue weighted by atomic mass is 10.2. The summed E-state index contributed by atoms with van der Waals surface area (Å²) in [6.07, 6.45) is 0. The van der Waals surface area contributed by atoms with Gasteiger partial charge in [0.2, 0.25) is 5.91 Å². The van der Waals surface area contributed by atoms with E-state index in [2.05, 4.69) is 21.2 Å². The van der Waals surface area contributed by atoms with Gasteiger partial charge in [-0.25, -0.2) is 4.39 Å².